The van der Waals surface area contributed by atoms with Gasteiger partial charge in [0, 0.05) is 63.2 Å². The van der Waals surface area contributed by atoms with Gasteiger partial charge in [-0.05, 0) is 33.3 Å². The summed E-state index contributed by atoms with van der Waals surface area (Å²) >= 11 is 0. The molecular formula is C17H28N4O. The van der Waals surface area contributed by atoms with Gasteiger partial charge in [-0.2, -0.15) is 0 Å². The summed E-state index contributed by atoms with van der Waals surface area (Å²) in [5.41, 5.74) is 3.18. The summed E-state index contributed by atoms with van der Waals surface area (Å²) < 4.78 is 2.22. The number of carbonyl (C=O) groups excluding carboxylic acids is 1. The first-order chi connectivity index (χ1) is 10.6. The molecule has 22 heavy (non-hydrogen) atoms. The van der Waals surface area contributed by atoms with Crippen LogP contribution in [0, 0.1) is 13.8 Å². The third-order valence-corrected chi connectivity index (χ3v) is 5.24. The van der Waals surface area contributed by atoms with Crippen molar-refractivity contribution in [3.8, 4) is 0 Å². The SMILES string of the molecule is CCn1c(C)cc(C(=O)N2CCC(N3CCNCC3)C2)c1C. The predicted octanol–water partition coefficient (Wildman–Crippen LogP) is 1.24. The summed E-state index contributed by atoms with van der Waals surface area (Å²) in [4.78, 5) is 17.5. The molecular weight excluding hydrogens is 276 g/mol. The lowest BCUT2D eigenvalue weighted by molar-refractivity contribution is 0.0772. The molecule has 1 unspecified atom stereocenters. The zero-order chi connectivity index (χ0) is 15.7. The molecule has 2 aliphatic heterocycles. The molecule has 3 rings (SSSR count). The molecule has 2 saturated heterocycles. The number of likely N-dealkylation sites (tertiary alicyclic amines) is 1. The van der Waals surface area contributed by atoms with E-state index in [9.17, 15) is 4.79 Å². The van der Waals surface area contributed by atoms with Gasteiger partial charge in [0.2, 0.25) is 0 Å². The molecule has 1 atom stereocenters. The molecule has 0 radical (unpaired) electrons. The van der Waals surface area contributed by atoms with Gasteiger partial charge in [0.1, 0.15) is 0 Å². The maximum Gasteiger partial charge on any atom is 0.255 e. The second kappa shape index (κ2) is 6.42. The highest BCUT2D eigenvalue weighted by Crippen LogP contribution is 2.22. The van der Waals surface area contributed by atoms with Crippen LogP contribution in [-0.2, 0) is 6.54 Å². The summed E-state index contributed by atoms with van der Waals surface area (Å²) in [5.74, 6) is 0.213. The Labute approximate surface area is 133 Å². The lowest BCUT2D eigenvalue weighted by Crippen LogP contribution is -2.49. The molecule has 3 heterocycles. The highest BCUT2D eigenvalue weighted by molar-refractivity contribution is 5.96. The fraction of sp³-hybridized carbons (Fsp3) is 0.706. The Bertz CT molecular complexity index is 545. The third-order valence-electron chi connectivity index (χ3n) is 5.24. The first-order valence-corrected chi connectivity index (χ1v) is 8.52. The standard InChI is InChI=1S/C17H28N4O/c1-4-21-13(2)11-16(14(21)3)17(22)20-8-5-15(12-20)19-9-6-18-7-10-19/h11,15,18H,4-10,12H2,1-3H3. The van der Waals surface area contributed by atoms with Crippen LogP contribution in [0.25, 0.3) is 0 Å². The first kappa shape index (κ1) is 15.6. The molecule has 1 N–H and O–H groups in total. The second-order valence-electron chi connectivity index (χ2n) is 6.51. The Hall–Kier alpha value is -1.33. The van der Waals surface area contributed by atoms with E-state index < -0.39 is 0 Å². The Morgan fingerprint density at radius 3 is 2.64 bits per heavy atom. The van der Waals surface area contributed by atoms with E-state index in [1.807, 2.05) is 0 Å². The Morgan fingerprint density at radius 1 is 1.27 bits per heavy atom. The zero-order valence-corrected chi connectivity index (χ0v) is 14.1. The fourth-order valence-electron chi connectivity index (χ4n) is 3.95. The van der Waals surface area contributed by atoms with Crippen molar-refractivity contribution in [2.24, 2.45) is 0 Å². The molecule has 2 fully saturated rings. The van der Waals surface area contributed by atoms with Crippen molar-refractivity contribution in [2.45, 2.75) is 39.8 Å². The van der Waals surface area contributed by atoms with E-state index in [0.717, 1.165) is 63.5 Å². The van der Waals surface area contributed by atoms with Gasteiger partial charge in [0.05, 0.1) is 5.56 Å². The number of amides is 1. The molecule has 1 amide bonds. The van der Waals surface area contributed by atoms with Gasteiger partial charge in [-0.25, -0.2) is 0 Å². The average molecular weight is 304 g/mol. The van der Waals surface area contributed by atoms with Crippen LogP contribution >= 0.6 is 0 Å². The van der Waals surface area contributed by atoms with Crippen LogP contribution < -0.4 is 5.32 Å². The molecule has 0 aliphatic carbocycles. The molecule has 0 saturated carbocycles. The molecule has 122 valence electrons. The number of nitrogens with zero attached hydrogens (tertiary/aromatic N) is 3. The normalized spacial score (nSPS) is 23.2. The van der Waals surface area contributed by atoms with Crippen LogP contribution in [0.4, 0.5) is 0 Å². The summed E-state index contributed by atoms with van der Waals surface area (Å²) in [5, 5.41) is 3.40. The minimum absolute atomic E-state index is 0.213. The fourth-order valence-corrected chi connectivity index (χ4v) is 3.95. The van der Waals surface area contributed by atoms with E-state index in [1.54, 1.807) is 0 Å². The zero-order valence-electron chi connectivity index (χ0n) is 14.1. The Kier molecular flexibility index (Phi) is 4.54. The van der Waals surface area contributed by atoms with Gasteiger partial charge in [-0.3, -0.25) is 9.69 Å². The van der Waals surface area contributed by atoms with Crippen LogP contribution in [0.15, 0.2) is 6.07 Å². The molecule has 1 aromatic heterocycles. The summed E-state index contributed by atoms with van der Waals surface area (Å²) in [6, 6.07) is 2.60. The van der Waals surface area contributed by atoms with Gasteiger partial charge in [-0.15, -0.1) is 0 Å². The van der Waals surface area contributed by atoms with Gasteiger partial charge >= 0.3 is 0 Å². The minimum Gasteiger partial charge on any atom is -0.349 e. The van der Waals surface area contributed by atoms with E-state index >= 15 is 0 Å². The van der Waals surface area contributed by atoms with Crippen molar-refractivity contribution in [1.82, 2.24) is 19.7 Å². The maximum atomic E-state index is 12.9. The topological polar surface area (TPSA) is 40.5 Å². The van der Waals surface area contributed by atoms with Crippen LogP contribution in [-0.4, -0.2) is 65.6 Å². The number of hydrogen-bond donors (Lipinski definition) is 1. The number of aryl methyl sites for hydroxylation is 1. The average Bonchev–Trinajstić information content (AvgIpc) is 3.13. The smallest absolute Gasteiger partial charge is 0.255 e. The van der Waals surface area contributed by atoms with Crippen LogP contribution in [0.3, 0.4) is 0 Å². The Morgan fingerprint density at radius 2 is 2.00 bits per heavy atom. The number of hydrogen-bond acceptors (Lipinski definition) is 3. The largest absolute Gasteiger partial charge is 0.349 e. The molecule has 5 nitrogen and oxygen atoms in total. The van der Waals surface area contributed by atoms with Crippen molar-refractivity contribution in [1.29, 1.82) is 0 Å². The summed E-state index contributed by atoms with van der Waals surface area (Å²) in [6.07, 6.45) is 1.11. The molecule has 0 bridgehead atoms. The molecule has 2 aliphatic rings. The highest BCUT2D eigenvalue weighted by Gasteiger charge is 2.32. The van der Waals surface area contributed by atoms with Crippen molar-refractivity contribution in [3.63, 3.8) is 0 Å². The predicted molar refractivity (Wildman–Crippen MR) is 88.3 cm³/mol. The second-order valence-corrected chi connectivity index (χ2v) is 6.51. The van der Waals surface area contributed by atoms with Crippen molar-refractivity contribution >= 4 is 5.91 Å². The minimum atomic E-state index is 0.213. The van der Waals surface area contributed by atoms with Crippen molar-refractivity contribution < 1.29 is 4.79 Å². The van der Waals surface area contributed by atoms with Gasteiger partial charge in [0.25, 0.3) is 5.91 Å². The molecule has 5 heteroatoms. The highest BCUT2D eigenvalue weighted by atomic mass is 16.2. The van der Waals surface area contributed by atoms with Gasteiger partial charge < -0.3 is 14.8 Å². The lowest BCUT2D eigenvalue weighted by atomic mass is 10.2. The van der Waals surface area contributed by atoms with Gasteiger partial charge in [-0.1, -0.05) is 0 Å². The quantitative estimate of drug-likeness (QED) is 0.913. The van der Waals surface area contributed by atoms with E-state index in [-0.39, 0.29) is 5.91 Å². The number of aromatic nitrogens is 1. The first-order valence-electron chi connectivity index (χ1n) is 8.52. The number of piperazine rings is 1. The van der Waals surface area contributed by atoms with E-state index in [4.69, 9.17) is 0 Å². The maximum absolute atomic E-state index is 12.9. The van der Waals surface area contributed by atoms with Crippen LogP contribution in [0.5, 0.6) is 0 Å². The monoisotopic (exact) mass is 304 g/mol. The molecule has 0 aromatic carbocycles. The summed E-state index contributed by atoms with van der Waals surface area (Å²) in [7, 11) is 0. The third kappa shape index (κ3) is 2.79. The molecule has 1 aromatic rings. The van der Waals surface area contributed by atoms with E-state index in [1.165, 1.54) is 5.69 Å². The van der Waals surface area contributed by atoms with Crippen LogP contribution in [0.1, 0.15) is 35.1 Å². The number of nitrogens with one attached hydrogen (secondary N) is 1. The van der Waals surface area contributed by atoms with Crippen molar-refractivity contribution in [3.05, 3.63) is 23.0 Å². The van der Waals surface area contributed by atoms with E-state index in [0.29, 0.717) is 6.04 Å². The number of carbonyl (C=O) groups is 1. The van der Waals surface area contributed by atoms with E-state index in [2.05, 4.69) is 46.5 Å². The van der Waals surface area contributed by atoms with Gasteiger partial charge in [0.15, 0.2) is 0 Å². The van der Waals surface area contributed by atoms with Crippen molar-refractivity contribution in [2.75, 3.05) is 39.3 Å². The Balaban J connectivity index is 1.69. The van der Waals surface area contributed by atoms with Crippen LogP contribution in [0.2, 0.25) is 0 Å². The molecule has 0 spiro atoms. The summed E-state index contributed by atoms with van der Waals surface area (Å²) in [6.45, 7) is 13.3. The number of rotatable bonds is 3. The lowest BCUT2D eigenvalue weighted by Gasteiger charge is -2.32.